The molecule has 0 N–H and O–H groups in total. The lowest BCUT2D eigenvalue weighted by atomic mass is 9.84. The highest BCUT2D eigenvalue weighted by atomic mass is 32.2. The predicted molar refractivity (Wildman–Crippen MR) is 193 cm³/mol. The van der Waals surface area contributed by atoms with Gasteiger partial charge in [-0.25, -0.2) is 17.2 Å². The maximum Gasteiger partial charge on any atom is 0.328 e. The van der Waals surface area contributed by atoms with Crippen molar-refractivity contribution in [3.05, 3.63) is 119 Å². The van der Waals surface area contributed by atoms with Crippen LogP contribution in [0.1, 0.15) is 53.7 Å². The Bertz CT molecular complexity index is 2230. The van der Waals surface area contributed by atoms with Crippen LogP contribution >= 0.6 is 0 Å². The molecule has 4 heterocycles. The maximum atomic E-state index is 15.0. The van der Waals surface area contributed by atoms with E-state index in [9.17, 15) is 18.0 Å². The molecular formula is C40H40N2O9S. The largest absolute Gasteiger partial charge is 0.484 e. The van der Waals surface area contributed by atoms with E-state index < -0.39 is 34.1 Å². The Morgan fingerprint density at radius 3 is 2.31 bits per heavy atom. The van der Waals surface area contributed by atoms with Gasteiger partial charge in [-0.3, -0.25) is 4.79 Å². The number of hydrogen-bond acceptors (Lipinski definition) is 9. The number of esters is 1. The molecule has 0 bridgehead atoms. The van der Waals surface area contributed by atoms with Crippen molar-refractivity contribution in [2.45, 2.75) is 56.7 Å². The lowest BCUT2D eigenvalue weighted by Gasteiger charge is -2.35. The SMILES string of the molecule is CCOCC.COC(=O)[C@@H]1Cc2cn(S(=O)(=O)c3ccc(C)cc3)c3ccc4c(c23)[C@@H](C(=O)N1Cc1ccccc1)[C@H](c1ccc2c(c1)OCO2)O4. The van der Waals surface area contributed by atoms with Gasteiger partial charge in [-0.1, -0.05) is 54.1 Å². The van der Waals surface area contributed by atoms with Crippen molar-refractivity contribution >= 4 is 32.8 Å². The minimum Gasteiger partial charge on any atom is -0.484 e. The summed E-state index contributed by atoms with van der Waals surface area (Å²) in [5.74, 6) is -0.251. The standard InChI is InChI=1S/C36H30N2O8S.C4H10O/c1-21-8-11-25(12-9-21)47(41,42)38-19-24-16-27(36(40)43-2)37(18-22-6-4-3-5-7-22)35(39)33-32-29(15-13-26(38)31(24)32)46-34(33)23-10-14-28-30(17-23)45-20-44-28;1-3-5-4-2/h3-15,17,19,27,33-34H,16,18,20H2,1-2H3;3-4H2,1-2H3/t27-,33+,34-;/m0./s1. The van der Waals surface area contributed by atoms with Gasteiger partial charge in [-0.05, 0) is 73.9 Å². The zero-order valence-electron chi connectivity index (χ0n) is 29.4. The number of rotatable bonds is 8. The molecule has 0 unspecified atom stereocenters. The van der Waals surface area contributed by atoms with Gasteiger partial charge in [0.2, 0.25) is 12.7 Å². The first-order chi connectivity index (χ1) is 25.2. The van der Waals surface area contributed by atoms with Gasteiger partial charge in [-0.15, -0.1) is 0 Å². The minimum absolute atomic E-state index is 0.0377. The number of aromatic nitrogens is 1. The van der Waals surface area contributed by atoms with Gasteiger partial charge in [0.15, 0.2) is 11.5 Å². The highest BCUT2D eigenvalue weighted by Crippen LogP contribution is 2.53. The smallest absolute Gasteiger partial charge is 0.328 e. The zero-order valence-corrected chi connectivity index (χ0v) is 30.2. The molecule has 0 aliphatic carbocycles. The van der Waals surface area contributed by atoms with Crippen molar-refractivity contribution in [1.82, 2.24) is 8.87 Å². The van der Waals surface area contributed by atoms with Gasteiger partial charge in [0.25, 0.3) is 10.0 Å². The number of aryl methyl sites for hydroxylation is 1. The molecule has 0 saturated carbocycles. The van der Waals surface area contributed by atoms with Crippen molar-refractivity contribution in [2.24, 2.45) is 0 Å². The molecule has 8 rings (SSSR count). The number of carbonyl (C=O) groups is 2. The second-order valence-electron chi connectivity index (χ2n) is 12.7. The molecule has 1 aromatic heterocycles. The Balaban J connectivity index is 0.000000789. The van der Waals surface area contributed by atoms with E-state index in [0.29, 0.717) is 44.8 Å². The second kappa shape index (κ2) is 14.4. The Labute approximate surface area is 302 Å². The molecular weight excluding hydrogens is 685 g/mol. The van der Waals surface area contributed by atoms with Crippen LogP contribution in [-0.4, -0.2) is 62.3 Å². The summed E-state index contributed by atoms with van der Waals surface area (Å²) in [5.41, 5.74) is 4.01. The average Bonchev–Trinajstić information content (AvgIpc) is 3.88. The molecule has 5 aromatic rings. The Morgan fingerprint density at radius 2 is 1.62 bits per heavy atom. The van der Waals surface area contributed by atoms with Crippen LogP contribution in [0.25, 0.3) is 10.9 Å². The molecule has 0 saturated heterocycles. The van der Waals surface area contributed by atoms with E-state index in [-0.39, 0.29) is 30.6 Å². The molecule has 3 atom stereocenters. The monoisotopic (exact) mass is 724 g/mol. The molecule has 3 aliphatic rings. The van der Waals surface area contributed by atoms with Crippen LogP contribution in [0, 0.1) is 6.92 Å². The van der Waals surface area contributed by atoms with Gasteiger partial charge in [0, 0.05) is 43.3 Å². The quantitative estimate of drug-likeness (QED) is 0.170. The average molecular weight is 725 g/mol. The summed E-state index contributed by atoms with van der Waals surface area (Å²) in [4.78, 5) is 30.2. The molecule has 0 fully saturated rings. The van der Waals surface area contributed by atoms with Gasteiger partial charge < -0.3 is 28.6 Å². The van der Waals surface area contributed by atoms with Crippen LogP contribution in [-0.2, 0) is 42.1 Å². The minimum atomic E-state index is -4.05. The number of methoxy groups -OCH3 is 1. The first-order valence-electron chi connectivity index (χ1n) is 17.2. The number of carbonyl (C=O) groups excluding carboxylic acids is 2. The predicted octanol–water partition coefficient (Wildman–Crippen LogP) is 6.30. The van der Waals surface area contributed by atoms with Crippen LogP contribution in [0.15, 0.2) is 96.0 Å². The van der Waals surface area contributed by atoms with Crippen LogP contribution in [0.5, 0.6) is 17.2 Å². The van der Waals surface area contributed by atoms with Crippen molar-refractivity contribution in [1.29, 1.82) is 0 Å². The van der Waals surface area contributed by atoms with E-state index in [1.165, 1.54) is 16.0 Å². The van der Waals surface area contributed by atoms with Crippen molar-refractivity contribution in [2.75, 3.05) is 27.1 Å². The first kappa shape index (κ1) is 35.1. The molecule has 11 nitrogen and oxygen atoms in total. The van der Waals surface area contributed by atoms with Gasteiger partial charge >= 0.3 is 5.97 Å². The fraction of sp³-hybridized carbons (Fsp3) is 0.300. The van der Waals surface area contributed by atoms with E-state index in [2.05, 4.69) is 0 Å². The number of ether oxygens (including phenoxy) is 5. The highest BCUT2D eigenvalue weighted by molar-refractivity contribution is 7.90. The number of fused-ring (bicyclic) bond motifs is 1. The van der Waals surface area contributed by atoms with Crippen molar-refractivity contribution in [3.8, 4) is 17.2 Å². The van der Waals surface area contributed by atoms with E-state index in [4.69, 9.17) is 23.7 Å². The number of benzene rings is 4. The fourth-order valence-electron chi connectivity index (χ4n) is 7.10. The number of nitrogens with zero attached hydrogens (tertiary/aromatic N) is 2. The van der Waals surface area contributed by atoms with Crippen LogP contribution in [0.2, 0.25) is 0 Å². The number of amides is 1. The summed E-state index contributed by atoms with van der Waals surface area (Å²) in [6.07, 6.45) is 0.810. The van der Waals surface area contributed by atoms with Crippen molar-refractivity contribution < 1.29 is 41.7 Å². The van der Waals surface area contributed by atoms with E-state index in [1.807, 2.05) is 57.2 Å². The molecule has 270 valence electrons. The molecule has 52 heavy (non-hydrogen) atoms. The lowest BCUT2D eigenvalue weighted by molar-refractivity contribution is -0.154. The summed E-state index contributed by atoms with van der Waals surface area (Å²) in [5, 5.41) is 0.577. The van der Waals surface area contributed by atoms with Gasteiger partial charge in [0.1, 0.15) is 23.8 Å². The van der Waals surface area contributed by atoms with E-state index in [0.717, 1.165) is 24.3 Å². The van der Waals surface area contributed by atoms with Crippen LogP contribution < -0.4 is 14.2 Å². The van der Waals surface area contributed by atoms with Crippen molar-refractivity contribution in [3.63, 3.8) is 0 Å². The maximum absolute atomic E-state index is 15.0. The topological polar surface area (TPSA) is 123 Å². The molecule has 4 aromatic carbocycles. The fourth-order valence-corrected chi connectivity index (χ4v) is 8.49. The Hall–Kier alpha value is -5.33. The summed E-state index contributed by atoms with van der Waals surface area (Å²) >= 11 is 0. The summed E-state index contributed by atoms with van der Waals surface area (Å²) < 4.78 is 57.4. The summed E-state index contributed by atoms with van der Waals surface area (Å²) in [7, 11) is -2.77. The third-order valence-corrected chi connectivity index (χ3v) is 11.3. The first-order valence-corrected chi connectivity index (χ1v) is 18.7. The van der Waals surface area contributed by atoms with Crippen LogP contribution in [0.4, 0.5) is 0 Å². The third kappa shape index (κ3) is 6.26. The lowest BCUT2D eigenvalue weighted by Crippen LogP contribution is -2.49. The third-order valence-electron chi connectivity index (χ3n) is 9.60. The number of hydrogen-bond donors (Lipinski definition) is 0. The summed E-state index contributed by atoms with van der Waals surface area (Å²) in [6, 6.07) is 23.9. The second-order valence-corrected chi connectivity index (χ2v) is 14.6. The molecule has 3 aliphatic heterocycles. The van der Waals surface area contributed by atoms with E-state index >= 15 is 0 Å². The Morgan fingerprint density at radius 1 is 0.904 bits per heavy atom. The van der Waals surface area contributed by atoms with E-state index in [1.54, 1.807) is 54.7 Å². The van der Waals surface area contributed by atoms with Gasteiger partial charge in [-0.2, -0.15) is 0 Å². The van der Waals surface area contributed by atoms with Gasteiger partial charge in [0.05, 0.1) is 17.5 Å². The summed E-state index contributed by atoms with van der Waals surface area (Å²) in [6.45, 7) is 7.78. The zero-order chi connectivity index (χ0) is 36.6. The Kier molecular flexibility index (Phi) is 9.69. The molecule has 12 heteroatoms. The molecule has 1 amide bonds. The molecule has 0 spiro atoms. The highest BCUT2D eigenvalue weighted by Gasteiger charge is 2.49. The normalized spacial score (nSPS) is 18.7. The van der Waals surface area contributed by atoms with Crippen LogP contribution in [0.3, 0.4) is 0 Å². The molecule has 0 radical (unpaired) electrons.